The molecule has 2 fully saturated rings. The van der Waals surface area contributed by atoms with Crippen molar-refractivity contribution in [2.24, 2.45) is 11.8 Å². The Hall–Kier alpha value is -0.0800. The molecule has 0 aromatic heterocycles. The van der Waals surface area contributed by atoms with E-state index < -0.39 is 0 Å². The highest BCUT2D eigenvalue weighted by molar-refractivity contribution is 4.83. The van der Waals surface area contributed by atoms with Gasteiger partial charge in [-0.3, -0.25) is 0 Å². The standard InChI is InChI=1S/C14H27NO/c1-12(16)5-4-9-15-10-8-13-6-2-3-7-14(13)11-15/h12-14,16H,2-11H2,1H3. The van der Waals surface area contributed by atoms with Crippen molar-refractivity contribution in [3.8, 4) is 0 Å². The van der Waals surface area contributed by atoms with Crippen LogP contribution >= 0.6 is 0 Å². The smallest absolute Gasteiger partial charge is 0.0512 e. The lowest BCUT2D eigenvalue weighted by atomic mass is 9.75. The summed E-state index contributed by atoms with van der Waals surface area (Å²) < 4.78 is 0. The van der Waals surface area contributed by atoms with E-state index in [4.69, 9.17) is 0 Å². The second kappa shape index (κ2) is 6.02. The van der Waals surface area contributed by atoms with Crippen molar-refractivity contribution in [1.82, 2.24) is 4.90 Å². The van der Waals surface area contributed by atoms with E-state index in [0.29, 0.717) is 0 Å². The Balaban J connectivity index is 1.68. The van der Waals surface area contributed by atoms with Crippen LogP contribution in [-0.2, 0) is 0 Å². The van der Waals surface area contributed by atoms with Crippen LogP contribution in [0.15, 0.2) is 0 Å². The van der Waals surface area contributed by atoms with E-state index in [2.05, 4.69) is 4.90 Å². The Bertz CT molecular complexity index is 205. The van der Waals surface area contributed by atoms with Crippen molar-refractivity contribution in [1.29, 1.82) is 0 Å². The number of hydrogen-bond donors (Lipinski definition) is 1. The summed E-state index contributed by atoms with van der Waals surface area (Å²) in [6.45, 7) is 5.74. The average Bonchev–Trinajstić information content (AvgIpc) is 2.28. The van der Waals surface area contributed by atoms with Crippen LogP contribution in [0.5, 0.6) is 0 Å². The lowest BCUT2D eigenvalue weighted by molar-refractivity contribution is 0.0818. The summed E-state index contributed by atoms with van der Waals surface area (Å²) in [6.07, 6.45) is 9.33. The van der Waals surface area contributed by atoms with E-state index in [-0.39, 0.29) is 6.10 Å². The number of piperidine rings is 1. The van der Waals surface area contributed by atoms with Crippen LogP contribution in [0.25, 0.3) is 0 Å². The van der Waals surface area contributed by atoms with Gasteiger partial charge in [0.2, 0.25) is 0 Å². The molecule has 0 bridgehead atoms. The third kappa shape index (κ3) is 3.46. The molecule has 1 aliphatic heterocycles. The highest BCUT2D eigenvalue weighted by atomic mass is 16.3. The summed E-state index contributed by atoms with van der Waals surface area (Å²) in [5.41, 5.74) is 0. The third-order valence-electron chi connectivity index (χ3n) is 4.47. The number of likely N-dealkylation sites (tertiary alicyclic amines) is 1. The summed E-state index contributed by atoms with van der Waals surface area (Å²) in [5.74, 6) is 2.04. The molecule has 1 heterocycles. The molecule has 16 heavy (non-hydrogen) atoms. The number of aliphatic hydroxyl groups is 1. The van der Waals surface area contributed by atoms with Gasteiger partial charge in [-0.25, -0.2) is 0 Å². The van der Waals surface area contributed by atoms with Crippen LogP contribution in [0, 0.1) is 11.8 Å². The van der Waals surface area contributed by atoms with Crippen LogP contribution < -0.4 is 0 Å². The first-order valence-corrected chi connectivity index (χ1v) is 7.16. The zero-order valence-corrected chi connectivity index (χ0v) is 10.7. The Morgan fingerprint density at radius 2 is 1.94 bits per heavy atom. The maximum Gasteiger partial charge on any atom is 0.0512 e. The van der Waals surface area contributed by atoms with Crippen molar-refractivity contribution in [3.05, 3.63) is 0 Å². The normalized spacial score (nSPS) is 33.4. The Morgan fingerprint density at radius 1 is 1.19 bits per heavy atom. The maximum absolute atomic E-state index is 9.25. The quantitative estimate of drug-likeness (QED) is 0.795. The van der Waals surface area contributed by atoms with Crippen LogP contribution in [0.4, 0.5) is 0 Å². The van der Waals surface area contributed by atoms with Gasteiger partial charge in [-0.15, -0.1) is 0 Å². The van der Waals surface area contributed by atoms with Gasteiger partial charge in [-0.05, 0) is 57.5 Å². The van der Waals surface area contributed by atoms with Crippen LogP contribution in [-0.4, -0.2) is 35.7 Å². The Kier molecular flexibility index (Phi) is 4.66. The monoisotopic (exact) mass is 225 g/mol. The summed E-state index contributed by atoms with van der Waals surface area (Å²) in [5, 5.41) is 9.25. The molecule has 0 radical (unpaired) electrons. The zero-order valence-electron chi connectivity index (χ0n) is 10.7. The minimum atomic E-state index is -0.118. The summed E-state index contributed by atoms with van der Waals surface area (Å²) in [4.78, 5) is 2.63. The first-order chi connectivity index (χ1) is 7.75. The molecule has 2 rings (SSSR count). The molecule has 1 aliphatic carbocycles. The number of rotatable bonds is 4. The molecule has 3 unspecified atom stereocenters. The molecule has 2 heteroatoms. The number of aliphatic hydroxyl groups excluding tert-OH is 1. The maximum atomic E-state index is 9.25. The van der Waals surface area contributed by atoms with Crippen LogP contribution in [0.2, 0.25) is 0 Å². The van der Waals surface area contributed by atoms with Gasteiger partial charge >= 0.3 is 0 Å². The van der Waals surface area contributed by atoms with Crippen molar-refractivity contribution < 1.29 is 5.11 Å². The molecule has 1 saturated heterocycles. The third-order valence-corrected chi connectivity index (χ3v) is 4.47. The summed E-state index contributed by atoms with van der Waals surface area (Å²) in [6, 6.07) is 0. The van der Waals surface area contributed by atoms with E-state index in [0.717, 1.165) is 24.7 Å². The lowest BCUT2D eigenvalue weighted by Gasteiger charge is -2.41. The molecule has 1 saturated carbocycles. The van der Waals surface area contributed by atoms with Crippen LogP contribution in [0.1, 0.15) is 51.9 Å². The molecule has 3 atom stereocenters. The molecule has 94 valence electrons. The van der Waals surface area contributed by atoms with Crippen LogP contribution in [0.3, 0.4) is 0 Å². The van der Waals surface area contributed by atoms with E-state index in [1.807, 2.05) is 6.92 Å². The zero-order chi connectivity index (χ0) is 11.4. The SMILES string of the molecule is CC(O)CCCN1CCC2CCCCC2C1. The first-order valence-electron chi connectivity index (χ1n) is 7.16. The predicted molar refractivity (Wildman–Crippen MR) is 67.4 cm³/mol. The predicted octanol–water partition coefficient (Wildman–Crippen LogP) is 2.66. The van der Waals surface area contributed by atoms with Gasteiger partial charge < -0.3 is 10.0 Å². The average molecular weight is 225 g/mol. The summed E-state index contributed by atoms with van der Waals surface area (Å²) >= 11 is 0. The van der Waals surface area contributed by atoms with Gasteiger partial charge in [0.25, 0.3) is 0 Å². The molecule has 2 nitrogen and oxygen atoms in total. The minimum absolute atomic E-state index is 0.118. The van der Waals surface area contributed by atoms with E-state index >= 15 is 0 Å². The highest BCUT2D eigenvalue weighted by Gasteiger charge is 2.30. The fraction of sp³-hybridized carbons (Fsp3) is 1.00. The van der Waals surface area contributed by atoms with E-state index in [1.54, 1.807) is 0 Å². The number of fused-ring (bicyclic) bond motifs is 1. The van der Waals surface area contributed by atoms with E-state index in [9.17, 15) is 5.11 Å². The molecule has 0 amide bonds. The van der Waals surface area contributed by atoms with E-state index in [1.165, 1.54) is 51.7 Å². The van der Waals surface area contributed by atoms with Crippen molar-refractivity contribution in [2.45, 2.75) is 58.0 Å². The lowest BCUT2D eigenvalue weighted by Crippen LogP contribution is -2.42. The molecular weight excluding hydrogens is 198 g/mol. The fourth-order valence-electron chi connectivity index (χ4n) is 3.49. The van der Waals surface area contributed by atoms with Crippen molar-refractivity contribution in [2.75, 3.05) is 19.6 Å². The van der Waals surface area contributed by atoms with Gasteiger partial charge in [0.05, 0.1) is 6.10 Å². The molecule has 0 aromatic carbocycles. The minimum Gasteiger partial charge on any atom is -0.393 e. The first kappa shape index (κ1) is 12.4. The van der Waals surface area contributed by atoms with Gasteiger partial charge in [0.15, 0.2) is 0 Å². The van der Waals surface area contributed by atoms with Gasteiger partial charge in [-0.2, -0.15) is 0 Å². The highest BCUT2D eigenvalue weighted by Crippen LogP contribution is 2.35. The van der Waals surface area contributed by atoms with Gasteiger partial charge in [0.1, 0.15) is 0 Å². The Labute approximate surface area is 100 Å². The fourth-order valence-corrected chi connectivity index (χ4v) is 3.49. The number of hydrogen-bond acceptors (Lipinski definition) is 2. The largest absolute Gasteiger partial charge is 0.393 e. The second-order valence-corrected chi connectivity index (χ2v) is 5.89. The Morgan fingerprint density at radius 3 is 2.69 bits per heavy atom. The molecule has 0 spiro atoms. The molecular formula is C14H27NO. The second-order valence-electron chi connectivity index (χ2n) is 5.89. The molecule has 1 N–H and O–H groups in total. The van der Waals surface area contributed by atoms with Gasteiger partial charge in [0, 0.05) is 6.54 Å². The number of nitrogens with zero attached hydrogens (tertiary/aromatic N) is 1. The van der Waals surface area contributed by atoms with Crippen molar-refractivity contribution >= 4 is 0 Å². The molecule has 2 aliphatic rings. The van der Waals surface area contributed by atoms with Gasteiger partial charge in [-0.1, -0.05) is 19.3 Å². The topological polar surface area (TPSA) is 23.5 Å². The molecule has 0 aromatic rings. The summed E-state index contributed by atoms with van der Waals surface area (Å²) in [7, 11) is 0. The van der Waals surface area contributed by atoms with Crippen molar-refractivity contribution in [3.63, 3.8) is 0 Å².